The van der Waals surface area contributed by atoms with E-state index in [0.29, 0.717) is 6.61 Å². The van der Waals surface area contributed by atoms with Crippen LogP contribution in [0.4, 0.5) is 0 Å². The molecule has 0 aromatic carbocycles. The second-order valence-electron chi connectivity index (χ2n) is 3.63. The molecule has 0 N–H and O–H groups in total. The molecule has 16 heavy (non-hydrogen) atoms. The van der Waals surface area contributed by atoms with Crippen LogP contribution in [0.3, 0.4) is 0 Å². The topological polar surface area (TPSA) is 61.8 Å². The summed E-state index contributed by atoms with van der Waals surface area (Å²) in [7, 11) is 1.32. The standard InChI is InChI=1S/C10H14O5S/c1-3-14-16(12)9-7-5-4-6(15-7)8(9)10(11)13-2/h4-9H,3H2,1-2H3. The number of ether oxygens (including phenoxy) is 2. The lowest BCUT2D eigenvalue weighted by Crippen LogP contribution is -2.39. The largest absolute Gasteiger partial charge is 0.469 e. The highest BCUT2D eigenvalue weighted by Crippen LogP contribution is 2.38. The molecule has 1 fully saturated rings. The van der Waals surface area contributed by atoms with Crippen molar-refractivity contribution >= 4 is 17.0 Å². The van der Waals surface area contributed by atoms with E-state index in [1.54, 1.807) is 6.92 Å². The van der Waals surface area contributed by atoms with Gasteiger partial charge in [-0.15, -0.1) is 0 Å². The summed E-state index contributed by atoms with van der Waals surface area (Å²) in [6.45, 7) is 2.10. The van der Waals surface area contributed by atoms with Gasteiger partial charge in [-0.2, -0.15) is 0 Å². The van der Waals surface area contributed by atoms with Crippen LogP contribution in [-0.4, -0.2) is 41.4 Å². The maximum absolute atomic E-state index is 11.8. The SMILES string of the molecule is CCOS(=O)C1C2C=CC(O2)C1C(=O)OC. The van der Waals surface area contributed by atoms with Crippen molar-refractivity contribution in [1.82, 2.24) is 0 Å². The van der Waals surface area contributed by atoms with E-state index in [1.165, 1.54) is 7.11 Å². The van der Waals surface area contributed by atoms with Gasteiger partial charge < -0.3 is 9.47 Å². The number of fused-ring (bicyclic) bond motifs is 2. The molecule has 0 spiro atoms. The van der Waals surface area contributed by atoms with Crippen LogP contribution in [0.2, 0.25) is 0 Å². The van der Waals surface area contributed by atoms with Crippen LogP contribution in [0.25, 0.3) is 0 Å². The highest BCUT2D eigenvalue weighted by atomic mass is 32.2. The van der Waals surface area contributed by atoms with Gasteiger partial charge in [-0.1, -0.05) is 12.2 Å². The number of esters is 1. The van der Waals surface area contributed by atoms with Crippen LogP contribution in [0.15, 0.2) is 12.2 Å². The summed E-state index contributed by atoms with van der Waals surface area (Å²) in [5.74, 6) is -0.915. The molecule has 1 saturated heterocycles. The fourth-order valence-corrected chi connectivity index (χ4v) is 3.37. The lowest BCUT2D eigenvalue weighted by Gasteiger charge is -2.21. The Hall–Kier alpha value is -0.720. The first-order valence-electron chi connectivity index (χ1n) is 5.14. The third-order valence-corrected chi connectivity index (χ3v) is 4.24. The van der Waals surface area contributed by atoms with Crippen molar-refractivity contribution in [2.24, 2.45) is 5.92 Å². The van der Waals surface area contributed by atoms with Crippen LogP contribution in [0.5, 0.6) is 0 Å². The van der Waals surface area contributed by atoms with Crippen molar-refractivity contribution in [3.63, 3.8) is 0 Å². The molecule has 0 saturated carbocycles. The fraction of sp³-hybridized carbons (Fsp3) is 0.700. The minimum atomic E-state index is -1.52. The lowest BCUT2D eigenvalue weighted by molar-refractivity contribution is -0.146. The average molecular weight is 246 g/mol. The minimum Gasteiger partial charge on any atom is -0.469 e. The number of carbonyl (C=O) groups excluding carboxylic acids is 1. The second-order valence-corrected chi connectivity index (χ2v) is 4.93. The van der Waals surface area contributed by atoms with Gasteiger partial charge in [0, 0.05) is 0 Å². The van der Waals surface area contributed by atoms with Gasteiger partial charge in [-0.3, -0.25) is 8.98 Å². The Balaban J connectivity index is 2.18. The summed E-state index contributed by atoms with van der Waals surface area (Å²) in [5, 5.41) is -0.456. The molecule has 2 rings (SSSR count). The Bertz CT molecular complexity index is 340. The Morgan fingerprint density at radius 1 is 1.44 bits per heavy atom. The van der Waals surface area contributed by atoms with Gasteiger partial charge in [0.25, 0.3) is 0 Å². The summed E-state index contributed by atoms with van der Waals surface area (Å²) < 4.78 is 27.1. The minimum absolute atomic E-state index is 0.304. The smallest absolute Gasteiger partial charge is 0.313 e. The van der Waals surface area contributed by atoms with Gasteiger partial charge >= 0.3 is 5.97 Å². The number of carbonyl (C=O) groups is 1. The van der Waals surface area contributed by atoms with Gasteiger partial charge in [0.1, 0.15) is 11.2 Å². The Morgan fingerprint density at radius 3 is 2.75 bits per heavy atom. The maximum atomic E-state index is 11.8. The molecule has 5 nitrogen and oxygen atoms in total. The van der Waals surface area contributed by atoms with Crippen molar-refractivity contribution in [3.05, 3.63) is 12.2 Å². The molecule has 0 amide bonds. The van der Waals surface area contributed by atoms with Crippen molar-refractivity contribution in [3.8, 4) is 0 Å². The zero-order valence-electron chi connectivity index (χ0n) is 9.12. The summed E-state index contributed by atoms with van der Waals surface area (Å²) in [4.78, 5) is 11.6. The normalized spacial score (nSPS) is 37.6. The molecule has 0 aliphatic carbocycles. The number of hydrogen-bond donors (Lipinski definition) is 0. The number of rotatable bonds is 4. The maximum Gasteiger partial charge on any atom is 0.313 e. The predicted octanol–water partition coefficient (Wildman–Crippen LogP) is 0.182. The molecule has 0 aromatic rings. The first-order chi connectivity index (χ1) is 7.69. The van der Waals surface area contributed by atoms with E-state index >= 15 is 0 Å². The molecule has 2 heterocycles. The Morgan fingerprint density at radius 2 is 2.12 bits per heavy atom. The zero-order valence-corrected chi connectivity index (χ0v) is 9.94. The number of methoxy groups -OCH3 is 1. The highest BCUT2D eigenvalue weighted by molar-refractivity contribution is 7.81. The van der Waals surface area contributed by atoms with Crippen molar-refractivity contribution in [2.45, 2.75) is 24.4 Å². The third-order valence-electron chi connectivity index (χ3n) is 2.77. The summed E-state index contributed by atoms with van der Waals surface area (Å²) in [6, 6.07) is 0. The van der Waals surface area contributed by atoms with E-state index in [0.717, 1.165) is 0 Å². The molecule has 2 aliphatic rings. The third kappa shape index (κ3) is 1.81. The van der Waals surface area contributed by atoms with Gasteiger partial charge in [0.05, 0.1) is 25.9 Å². The molecule has 5 atom stereocenters. The lowest BCUT2D eigenvalue weighted by atomic mass is 9.94. The van der Waals surface area contributed by atoms with Gasteiger partial charge in [0.15, 0.2) is 11.1 Å². The van der Waals surface area contributed by atoms with Gasteiger partial charge in [-0.05, 0) is 6.92 Å². The van der Waals surface area contributed by atoms with Crippen LogP contribution < -0.4 is 0 Å². The van der Waals surface area contributed by atoms with Crippen molar-refractivity contribution < 1.29 is 22.7 Å². The summed E-state index contributed by atoms with van der Waals surface area (Å²) in [5.41, 5.74) is 0. The van der Waals surface area contributed by atoms with Gasteiger partial charge in [-0.25, -0.2) is 4.21 Å². The Labute approximate surface area is 96.4 Å². The molecule has 2 bridgehead atoms. The van der Waals surface area contributed by atoms with Crippen molar-refractivity contribution in [2.75, 3.05) is 13.7 Å². The second kappa shape index (κ2) is 4.65. The van der Waals surface area contributed by atoms with Crippen LogP contribution >= 0.6 is 0 Å². The zero-order chi connectivity index (χ0) is 11.7. The summed E-state index contributed by atoms with van der Waals surface area (Å²) in [6.07, 6.45) is 3.01. The average Bonchev–Trinajstić information content (AvgIpc) is 2.87. The number of hydrogen-bond acceptors (Lipinski definition) is 5. The van der Waals surface area contributed by atoms with E-state index in [9.17, 15) is 9.00 Å². The fourth-order valence-electron chi connectivity index (χ4n) is 2.10. The molecular formula is C10H14O5S. The quantitative estimate of drug-likeness (QED) is 0.523. The first kappa shape index (κ1) is 11.8. The van der Waals surface area contributed by atoms with Gasteiger partial charge in [0.2, 0.25) is 0 Å². The monoisotopic (exact) mass is 246 g/mol. The van der Waals surface area contributed by atoms with E-state index < -0.39 is 28.2 Å². The molecule has 6 heteroatoms. The summed E-state index contributed by atoms with van der Waals surface area (Å²) >= 11 is -1.52. The molecule has 2 aliphatic heterocycles. The van der Waals surface area contributed by atoms with E-state index in [2.05, 4.69) is 0 Å². The van der Waals surface area contributed by atoms with Crippen LogP contribution in [-0.2, 0) is 29.5 Å². The molecule has 0 radical (unpaired) electrons. The van der Waals surface area contributed by atoms with E-state index in [4.69, 9.17) is 13.7 Å². The first-order valence-corrected chi connectivity index (χ1v) is 6.28. The Kier molecular flexibility index (Phi) is 3.41. The van der Waals surface area contributed by atoms with E-state index in [1.807, 2.05) is 12.2 Å². The van der Waals surface area contributed by atoms with Crippen LogP contribution in [0, 0.1) is 5.92 Å². The van der Waals surface area contributed by atoms with Crippen molar-refractivity contribution in [1.29, 1.82) is 0 Å². The highest BCUT2D eigenvalue weighted by Gasteiger charge is 2.53. The predicted molar refractivity (Wildman–Crippen MR) is 56.9 cm³/mol. The van der Waals surface area contributed by atoms with E-state index in [-0.39, 0.29) is 12.2 Å². The molecule has 90 valence electrons. The molecule has 5 unspecified atom stereocenters. The van der Waals surface area contributed by atoms with Crippen LogP contribution in [0.1, 0.15) is 6.92 Å². The molecule has 0 aromatic heterocycles. The molecular weight excluding hydrogens is 232 g/mol.